The number of aromatic nitrogens is 2. The molecule has 6 heteroatoms. The zero-order valence-electron chi connectivity index (χ0n) is 14.3. The Kier molecular flexibility index (Phi) is 5.05. The van der Waals surface area contributed by atoms with E-state index in [9.17, 15) is 0 Å². The Labute approximate surface area is 152 Å². The van der Waals surface area contributed by atoms with Crippen molar-refractivity contribution in [1.29, 1.82) is 0 Å². The zero-order valence-corrected chi connectivity index (χ0v) is 15.1. The number of methoxy groups -OCH3 is 1. The lowest BCUT2D eigenvalue weighted by Crippen LogP contribution is -2.02. The molecule has 25 heavy (non-hydrogen) atoms. The lowest BCUT2D eigenvalue weighted by molar-refractivity contribution is 0.416. The van der Waals surface area contributed by atoms with Crippen LogP contribution in [0, 0.1) is 13.8 Å². The first-order chi connectivity index (χ1) is 12.0. The molecule has 1 heterocycles. The average Bonchev–Trinajstić information content (AvgIpc) is 2.59. The maximum atomic E-state index is 6.06. The molecule has 0 bridgehead atoms. The Bertz CT molecular complexity index is 898. The molecule has 2 aromatic carbocycles. The lowest BCUT2D eigenvalue weighted by Gasteiger charge is -2.13. The Morgan fingerprint density at radius 2 is 1.80 bits per heavy atom. The summed E-state index contributed by atoms with van der Waals surface area (Å²) >= 11 is 6.06. The topological polar surface area (TPSA) is 59.1 Å². The number of anilines is 4. The number of nitrogens with one attached hydrogen (secondary N) is 2. The Morgan fingerprint density at radius 1 is 0.960 bits per heavy atom. The van der Waals surface area contributed by atoms with Gasteiger partial charge in [0.1, 0.15) is 11.6 Å². The van der Waals surface area contributed by atoms with E-state index in [2.05, 4.69) is 20.6 Å². The highest BCUT2D eigenvalue weighted by Crippen LogP contribution is 2.28. The minimum absolute atomic E-state index is 0.488. The van der Waals surface area contributed by atoms with Gasteiger partial charge in [-0.05, 0) is 55.3 Å². The molecule has 5 nitrogen and oxygen atoms in total. The lowest BCUT2D eigenvalue weighted by atomic mass is 10.2. The number of aryl methyl sites for hydroxylation is 2. The van der Waals surface area contributed by atoms with Crippen LogP contribution >= 0.6 is 11.6 Å². The first-order valence-electron chi connectivity index (χ1n) is 7.83. The van der Waals surface area contributed by atoms with Crippen molar-refractivity contribution >= 4 is 34.7 Å². The summed E-state index contributed by atoms with van der Waals surface area (Å²) in [5, 5.41) is 7.13. The number of nitrogens with zero attached hydrogens (tertiary/aromatic N) is 2. The summed E-state index contributed by atoms with van der Waals surface area (Å²) in [7, 11) is 1.64. The van der Waals surface area contributed by atoms with Crippen LogP contribution in [0.1, 0.15) is 11.1 Å². The van der Waals surface area contributed by atoms with E-state index in [1.807, 2.05) is 50.2 Å². The predicted molar refractivity (Wildman–Crippen MR) is 103 cm³/mol. The maximum Gasteiger partial charge on any atom is 0.229 e. The minimum Gasteiger partial charge on any atom is -0.495 e. The van der Waals surface area contributed by atoms with Crippen LogP contribution in [0.4, 0.5) is 23.1 Å². The second kappa shape index (κ2) is 7.40. The molecule has 3 rings (SSSR count). The number of ether oxygens (including phenoxy) is 1. The summed E-state index contributed by atoms with van der Waals surface area (Å²) < 4.78 is 5.39. The molecule has 0 aliphatic heterocycles. The molecular weight excluding hydrogens is 336 g/mol. The van der Waals surface area contributed by atoms with Gasteiger partial charge in [-0.1, -0.05) is 23.7 Å². The van der Waals surface area contributed by atoms with Crippen molar-refractivity contribution in [3.05, 3.63) is 64.8 Å². The summed E-state index contributed by atoms with van der Waals surface area (Å²) in [5.41, 5.74) is 3.92. The van der Waals surface area contributed by atoms with Gasteiger partial charge in [-0.15, -0.1) is 0 Å². The van der Waals surface area contributed by atoms with Crippen molar-refractivity contribution in [3.63, 3.8) is 0 Å². The maximum absolute atomic E-state index is 6.06. The largest absolute Gasteiger partial charge is 0.495 e. The zero-order chi connectivity index (χ0) is 17.8. The third kappa shape index (κ3) is 4.19. The third-order valence-corrected chi connectivity index (χ3v) is 3.95. The van der Waals surface area contributed by atoms with Crippen LogP contribution in [0.15, 0.2) is 48.7 Å². The van der Waals surface area contributed by atoms with E-state index < -0.39 is 0 Å². The number of hydrogen-bond donors (Lipinski definition) is 2. The van der Waals surface area contributed by atoms with Gasteiger partial charge in [0.2, 0.25) is 5.95 Å². The quantitative estimate of drug-likeness (QED) is 0.656. The standard InChI is InChI=1S/C19H19ClN4O/c1-12-4-7-17(25-3)16(10-12)22-18-8-9-21-19(24-18)23-15-11-14(20)6-5-13(15)2/h4-11H,1-3H3,(H2,21,22,23,24). The second-order valence-electron chi connectivity index (χ2n) is 5.68. The molecule has 0 aliphatic rings. The van der Waals surface area contributed by atoms with Crippen molar-refractivity contribution in [2.24, 2.45) is 0 Å². The molecule has 0 spiro atoms. The molecule has 0 unspecified atom stereocenters. The molecule has 1 aromatic heterocycles. The predicted octanol–water partition coefficient (Wildman–Crippen LogP) is 5.24. The van der Waals surface area contributed by atoms with Crippen LogP contribution in [-0.4, -0.2) is 17.1 Å². The average molecular weight is 355 g/mol. The molecule has 2 N–H and O–H groups in total. The van der Waals surface area contributed by atoms with Crippen molar-refractivity contribution in [2.45, 2.75) is 13.8 Å². The molecule has 128 valence electrons. The highest BCUT2D eigenvalue weighted by Gasteiger charge is 2.07. The molecule has 0 saturated heterocycles. The summed E-state index contributed by atoms with van der Waals surface area (Å²) in [5.74, 6) is 1.91. The van der Waals surface area contributed by atoms with Crippen LogP contribution in [0.2, 0.25) is 5.02 Å². The number of halogens is 1. The Hall–Kier alpha value is -2.79. The van der Waals surface area contributed by atoms with Crippen LogP contribution in [-0.2, 0) is 0 Å². The number of benzene rings is 2. The van der Waals surface area contributed by atoms with Gasteiger partial charge in [0.15, 0.2) is 0 Å². The molecule has 0 atom stereocenters. The highest BCUT2D eigenvalue weighted by molar-refractivity contribution is 6.30. The molecule has 0 aliphatic carbocycles. The Morgan fingerprint density at radius 3 is 2.60 bits per heavy atom. The fraction of sp³-hybridized carbons (Fsp3) is 0.158. The van der Waals surface area contributed by atoms with Crippen LogP contribution < -0.4 is 15.4 Å². The van der Waals surface area contributed by atoms with E-state index in [4.69, 9.17) is 16.3 Å². The van der Waals surface area contributed by atoms with Crippen molar-refractivity contribution in [2.75, 3.05) is 17.7 Å². The minimum atomic E-state index is 0.488. The van der Waals surface area contributed by atoms with E-state index in [-0.39, 0.29) is 0 Å². The molecule has 0 saturated carbocycles. The van der Waals surface area contributed by atoms with Crippen molar-refractivity contribution in [3.8, 4) is 5.75 Å². The van der Waals surface area contributed by atoms with E-state index in [1.54, 1.807) is 19.4 Å². The van der Waals surface area contributed by atoms with Gasteiger partial charge in [-0.2, -0.15) is 4.98 Å². The van der Waals surface area contributed by atoms with E-state index in [0.29, 0.717) is 16.8 Å². The van der Waals surface area contributed by atoms with Crippen LogP contribution in [0.5, 0.6) is 5.75 Å². The molecular formula is C19H19ClN4O. The van der Waals surface area contributed by atoms with E-state index >= 15 is 0 Å². The van der Waals surface area contributed by atoms with Gasteiger partial charge in [0, 0.05) is 16.9 Å². The van der Waals surface area contributed by atoms with Gasteiger partial charge >= 0.3 is 0 Å². The fourth-order valence-corrected chi connectivity index (χ4v) is 2.57. The molecule has 0 amide bonds. The summed E-state index contributed by atoms with van der Waals surface area (Å²) in [6, 6.07) is 13.4. The van der Waals surface area contributed by atoms with Crippen molar-refractivity contribution < 1.29 is 4.74 Å². The second-order valence-corrected chi connectivity index (χ2v) is 6.11. The van der Waals surface area contributed by atoms with Gasteiger partial charge in [0.25, 0.3) is 0 Å². The third-order valence-electron chi connectivity index (χ3n) is 3.72. The van der Waals surface area contributed by atoms with Gasteiger partial charge in [0.05, 0.1) is 12.8 Å². The Balaban J connectivity index is 1.85. The van der Waals surface area contributed by atoms with Gasteiger partial charge < -0.3 is 15.4 Å². The van der Waals surface area contributed by atoms with Gasteiger partial charge in [-0.25, -0.2) is 4.98 Å². The van der Waals surface area contributed by atoms with Gasteiger partial charge in [-0.3, -0.25) is 0 Å². The normalized spacial score (nSPS) is 10.4. The summed E-state index contributed by atoms with van der Waals surface area (Å²) in [4.78, 5) is 8.78. The van der Waals surface area contributed by atoms with E-state index in [1.165, 1.54) is 0 Å². The highest BCUT2D eigenvalue weighted by atomic mass is 35.5. The fourth-order valence-electron chi connectivity index (χ4n) is 2.40. The molecule has 0 fully saturated rings. The number of rotatable bonds is 5. The summed E-state index contributed by atoms with van der Waals surface area (Å²) in [6.45, 7) is 4.03. The molecule has 0 radical (unpaired) electrons. The number of hydrogen-bond acceptors (Lipinski definition) is 5. The summed E-state index contributed by atoms with van der Waals surface area (Å²) in [6.07, 6.45) is 1.69. The van der Waals surface area contributed by atoms with Crippen molar-refractivity contribution in [1.82, 2.24) is 9.97 Å². The van der Waals surface area contributed by atoms with E-state index in [0.717, 1.165) is 28.3 Å². The monoisotopic (exact) mass is 354 g/mol. The first-order valence-corrected chi connectivity index (χ1v) is 8.21. The first kappa shape index (κ1) is 17.0. The smallest absolute Gasteiger partial charge is 0.229 e. The molecule has 3 aromatic rings. The SMILES string of the molecule is COc1ccc(C)cc1Nc1ccnc(Nc2cc(Cl)ccc2C)n1. The van der Waals surface area contributed by atoms with Crippen LogP contribution in [0.3, 0.4) is 0 Å². The van der Waals surface area contributed by atoms with Crippen LogP contribution in [0.25, 0.3) is 0 Å².